The second-order valence-corrected chi connectivity index (χ2v) is 12.5. The number of dihydropyridines is 1. The van der Waals surface area contributed by atoms with E-state index in [0.717, 1.165) is 92.3 Å². The highest BCUT2D eigenvalue weighted by Gasteiger charge is 2.31. The van der Waals surface area contributed by atoms with Gasteiger partial charge in [0, 0.05) is 51.2 Å². The van der Waals surface area contributed by atoms with E-state index in [-0.39, 0.29) is 11.8 Å². The molecule has 3 heterocycles. The quantitative estimate of drug-likeness (QED) is 0.219. The van der Waals surface area contributed by atoms with E-state index in [4.69, 9.17) is 13.9 Å². The minimum atomic E-state index is 0.0463. The average molecular weight is 600 g/mol. The number of benzene rings is 4. The number of hydrogen-bond donors (Lipinski definition) is 1. The van der Waals surface area contributed by atoms with Gasteiger partial charge in [-0.05, 0) is 72.4 Å². The SMILES string of the molecule is CC1CC2=C(C=C1c1cccc3oc4ccccc4c13)OC1=CC=CCC1c1ccccc1Oc1cc(C3=CC=CCN3)ccc12. The highest BCUT2D eigenvalue weighted by molar-refractivity contribution is 6.10. The molecule has 4 aliphatic rings. The van der Waals surface area contributed by atoms with Crippen LogP contribution in [0, 0.1) is 5.92 Å². The molecule has 1 N–H and O–H groups in total. The maximum Gasteiger partial charge on any atom is 0.136 e. The lowest BCUT2D eigenvalue weighted by molar-refractivity contribution is 0.285. The number of fused-ring (bicyclic) bond motifs is 8. The summed E-state index contributed by atoms with van der Waals surface area (Å²) in [5, 5.41) is 5.80. The molecule has 0 saturated heterocycles. The highest BCUT2D eigenvalue weighted by Crippen LogP contribution is 2.49. The Hall–Kier alpha value is -5.48. The van der Waals surface area contributed by atoms with Crippen LogP contribution in [0.1, 0.15) is 47.9 Å². The molecule has 2 aliphatic carbocycles. The van der Waals surface area contributed by atoms with Crippen LogP contribution in [-0.2, 0) is 4.74 Å². The van der Waals surface area contributed by atoms with Crippen molar-refractivity contribution >= 4 is 38.8 Å². The maximum absolute atomic E-state index is 7.08. The fourth-order valence-electron chi connectivity index (χ4n) is 7.36. The van der Waals surface area contributed by atoms with Gasteiger partial charge in [-0.1, -0.05) is 91.9 Å². The summed E-state index contributed by atoms with van der Waals surface area (Å²) in [7, 11) is 0. The van der Waals surface area contributed by atoms with E-state index in [2.05, 4.69) is 128 Å². The minimum absolute atomic E-state index is 0.0463. The van der Waals surface area contributed by atoms with E-state index in [1.165, 1.54) is 11.1 Å². The van der Waals surface area contributed by atoms with Crippen LogP contribution < -0.4 is 10.1 Å². The van der Waals surface area contributed by atoms with Crippen molar-refractivity contribution in [3.05, 3.63) is 161 Å². The van der Waals surface area contributed by atoms with E-state index < -0.39 is 0 Å². The zero-order valence-electron chi connectivity index (χ0n) is 25.6. The van der Waals surface area contributed by atoms with E-state index >= 15 is 0 Å². The molecular weight excluding hydrogens is 566 g/mol. The first-order valence-electron chi connectivity index (χ1n) is 16.1. The molecule has 2 unspecified atom stereocenters. The minimum Gasteiger partial charge on any atom is -0.461 e. The first kappa shape index (κ1) is 26.9. The average Bonchev–Trinajstić information content (AvgIpc) is 3.49. The predicted octanol–water partition coefficient (Wildman–Crippen LogP) is 10.7. The molecular formula is C42H33NO3. The third kappa shape index (κ3) is 4.44. The number of furan rings is 1. The summed E-state index contributed by atoms with van der Waals surface area (Å²) in [5.41, 5.74) is 9.77. The number of hydrogen-bond acceptors (Lipinski definition) is 4. The van der Waals surface area contributed by atoms with Gasteiger partial charge in [0.05, 0.1) is 0 Å². The van der Waals surface area contributed by atoms with Gasteiger partial charge in [-0.2, -0.15) is 0 Å². The molecule has 0 fully saturated rings. The molecule has 46 heavy (non-hydrogen) atoms. The predicted molar refractivity (Wildman–Crippen MR) is 186 cm³/mol. The Bertz CT molecular complexity index is 2240. The molecule has 0 spiro atoms. The molecule has 2 atom stereocenters. The summed E-state index contributed by atoms with van der Waals surface area (Å²) in [6.07, 6.45) is 16.7. The summed E-state index contributed by atoms with van der Waals surface area (Å²) in [6, 6.07) is 29.7. The Morgan fingerprint density at radius 3 is 2.57 bits per heavy atom. The molecule has 5 aromatic rings. The number of allylic oxidation sites excluding steroid dienone is 9. The summed E-state index contributed by atoms with van der Waals surface area (Å²) in [4.78, 5) is 0. The number of rotatable bonds is 2. The molecule has 9 rings (SSSR count). The topological polar surface area (TPSA) is 43.6 Å². The Labute approximate surface area is 268 Å². The van der Waals surface area contributed by atoms with Crippen molar-refractivity contribution in [2.45, 2.75) is 25.7 Å². The monoisotopic (exact) mass is 599 g/mol. The van der Waals surface area contributed by atoms with Crippen molar-refractivity contribution < 1.29 is 13.9 Å². The standard InChI is InChI=1S/C42H33NO3/c1-26-23-34-30-21-20-27(35-15-8-9-22-43-35)24-40(30)45-36-16-5-2-11-28(36)29-12-3-6-17-37(29)46-41(34)25-33(26)31-14-10-19-39-42(31)32-13-4-7-18-38(32)44-39/h2-11,13-21,24-26,29,43H,12,22-23H2,1H3. The van der Waals surface area contributed by atoms with Gasteiger partial charge < -0.3 is 19.2 Å². The van der Waals surface area contributed by atoms with Gasteiger partial charge in [0.15, 0.2) is 0 Å². The second kappa shape index (κ2) is 10.8. The largest absolute Gasteiger partial charge is 0.461 e. The molecule has 0 saturated carbocycles. The molecule has 4 heteroatoms. The zero-order chi connectivity index (χ0) is 30.6. The zero-order valence-corrected chi connectivity index (χ0v) is 25.6. The van der Waals surface area contributed by atoms with E-state index in [9.17, 15) is 0 Å². The Kier molecular flexibility index (Phi) is 6.34. The van der Waals surface area contributed by atoms with Crippen LogP contribution in [0.3, 0.4) is 0 Å². The lowest BCUT2D eigenvalue weighted by Crippen LogP contribution is -2.16. The Balaban J connectivity index is 1.28. The molecule has 0 amide bonds. The molecule has 4 nitrogen and oxygen atoms in total. The summed E-state index contributed by atoms with van der Waals surface area (Å²) < 4.78 is 20.3. The van der Waals surface area contributed by atoms with Gasteiger partial charge in [-0.3, -0.25) is 0 Å². The Morgan fingerprint density at radius 1 is 0.761 bits per heavy atom. The first-order chi connectivity index (χ1) is 22.7. The van der Waals surface area contributed by atoms with Crippen molar-refractivity contribution in [3.63, 3.8) is 0 Å². The van der Waals surface area contributed by atoms with Crippen molar-refractivity contribution in [2.24, 2.45) is 5.92 Å². The van der Waals surface area contributed by atoms with Gasteiger partial charge in [0.25, 0.3) is 0 Å². The van der Waals surface area contributed by atoms with E-state index in [0.29, 0.717) is 0 Å². The lowest BCUT2D eigenvalue weighted by Gasteiger charge is -2.32. The molecule has 4 aromatic carbocycles. The fourth-order valence-corrected chi connectivity index (χ4v) is 7.36. The van der Waals surface area contributed by atoms with E-state index in [1.807, 2.05) is 12.1 Å². The van der Waals surface area contributed by atoms with E-state index in [1.54, 1.807) is 0 Å². The Morgan fingerprint density at radius 2 is 1.63 bits per heavy atom. The van der Waals surface area contributed by atoms with Crippen molar-refractivity contribution in [3.8, 4) is 11.5 Å². The highest BCUT2D eigenvalue weighted by atomic mass is 16.5. The van der Waals surface area contributed by atoms with Gasteiger partial charge in [0.2, 0.25) is 0 Å². The molecule has 2 aliphatic heterocycles. The summed E-state index contributed by atoms with van der Waals surface area (Å²) in [5.74, 6) is 3.79. The molecule has 224 valence electrons. The number of ether oxygens (including phenoxy) is 2. The second-order valence-electron chi connectivity index (χ2n) is 12.5. The number of nitrogens with one attached hydrogen (secondary N) is 1. The van der Waals surface area contributed by atoms with Gasteiger partial charge in [0.1, 0.15) is 34.2 Å². The molecule has 0 bridgehead atoms. The lowest BCUT2D eigenvalue weighted by atomic mass is 9.80. The summed E-state index contributed by atoms with van der Waals surface area (Å²) >= 11 is 0. The van der Waals surface area contributed by atoms with Crippen molar-refractivity contribution in [2.75, 3.05) is 6.54 Å². The normalized spacial score (nSPS) is 20.2. The van der Waals surface area contributed by atoms with Gasteiger partial charge >= 0.3 is 0 Å². The maximum atomic E-state index is 7.08. The van der Waals surface area contributed by atoms with Crippen LogP contribution in [0.2, 0.25) is 0 Å². The van der Waals surface area contributed by atoms with Crippen LogP contribution in [0.15, 0.2) is 143 Å². The van der Waals surface area contributed by atoms with Gasteiger partial charge in [-0.25, -0.2) is 0 Å². The van der Waals surface area contributed by atoms with Crippen molar-refractivity contribution in [1.29, 1.82) is 0 Å². The van der Waals surface area contributed by atoms with Crippen LogP contribution in [0.5, 0.6) is 11.5 Å². The fraction of sp³-hybridized carbons (Fsp3) is 0.143. The first-order valence-corrected chi connectivity index (χ1v) is 16.1. The molecule has 0 radical (unpaired) electrons. The van der Waals surface area contributed by atoms with Crippen LogP contribution in [-0.4, -0.2) is 6.54 Å². The van der Waals surface area contributed by atoms with Crippen LogP contribution in [0.25, 0.3) is 38.8 Å². The summed E-state index contributed by atoms with van der Waals surface area (Å²) in [6.45, 7) is 3.12. The van der Waals surface area contributed by atoms with Crippen molar-refractivity contribution in [1.82, 2.24) is 5.32 Å². The molecule has 1 aromatic heterocycles. The van der Waals surface area contributed by atoms with Crippen LogP contribution >= 0.6 is 0 Å². The third-order valence-electron chi connectivity index (χ3n) is 9.62. The van der Waals surface area contributed by atoms with Crippen LogP contribution in [0.4, 0.5) is 0 Å². The number of para-hydroxylation sites is 2. The van der Waals surface area contributed by atoms with Gasteiger partial charge in [-0.15, -0.1) is 0 Å². The third-order valence-corrected chi connectivity index (χ3v) is 9.62. The smallest absolute Gasteiger partial charge is 0.136 e.